The van der Waals surface area contributed by atoms with Crippen molar-refractivity contribution >= 4 is 0 Å². The molecule has 1 aliphatic rings. The van der Waals surface area contributed by atoms with Gasteiger partial charge in [0.05, 0.1) is 6.10 Å². The van der Waals surface area contributed by atoms with Crippen LogP contribution < -0.4 is 5.73 Å². The Morgan fingerprint density at radius 1 is 1.53 bits per heavy atom. The Bertz CT molecular complexity index is 350. The van der Waals surface area contributed by atoms with Crippen LogP contribution in [0.5, 0.6) is 0 Å². The maximum atomic E-state index is 5.86. The first kappa shape index (κ1) is 12.5. The summed E-state index contributed by atoms with van der Waals surface area (Å²) in [5, 5.41) is 4.22. The van der Waals surface area contributed by atoms with Gasteiger partial charge < -0.3 is 10.5 Å². The van der Waals surface area contributed by atoms with Crippen molar-refractivity contribution in [1.82, 2.24) is 14.8 Å². The first-order valence-corrected chi connectivity index (χ1v) is 6.39. The third-order valence-corrected chi connectivity index (χ3v) is 3.11. The Balaban J connectivity index is 1.84. The van der Waals surface area contributed by atoms with Crippen LogP contribution in [0.25, 0.3) is 0 Å². The van der Waals surface area contributed by atoms with Gasteiger partial charge in [0.25, 0.3) is 0 Å². The molecule has 1 aromatic heterocycles. The molecule has 0 bridgehead atoms. The highest BCUT2D eigenvalue weighted by atomic mass is 16.5. The molecule has 0 aromatic carbocycles. The predicted octanol–water partition coefficient (Wildman–Crippen LogP) is 1.33. The molecule has 2 N–H and O–H groups in total. The summed E-state index contributed by atoms with van der Waals surface area (Å²) in [4.78, 5) is 4.24. The van der Waals surface area contributed by atoms with E-state index in [1.807, 2.05) is 4.68 Å². The van der Waals surface area contributed by atoms with E-state index in [-0.39, 0.29) is 0 Å². The number of aromatic nitrogens is 3. The van der Waals surface area contributed by atoms with Gasteiger partial charge in [-0.15, -0.1) is 0 Å². The first-order chi connectivity index (χ1) is 8.15. The lowest BCUT2D eigenvalue weighted by atomic mass is 10.2. The summed E-state index contributed by atoms with van der Waals surface area (Å²) in [5.41, 5.74) is 5.86. The van der Waals surface area contributed by atoms with Gasteiger partial charge in [0.15, 0.2) is 5.82 Å². The van der Waals surface area contributed by atoms with Crippen molar-refractivity contribution in [3.8, 4) is 0 Å². The van der Waals surface area contributed by atoms with E-state index in [0.717, 1.165) is 31.6 Å². The molecule has 0 aliphatic heterocycles. The van der Waals surface area contributed by atoms with Crippen molar-refractivity contribution in [1.29, 1.82) is 0 Å². The van der Waals surface area contributed by atoms with E-state index < -0.39 is 0 Å². The summed E-state index contributed by atoms with van der Waals surface area (Å²) in [6, 6.07) is 0.313. The topological polar surface area (TPSA) is 66.0 Å². The van der Waals surface area contributed by atoms with Crippen molar-refractivity contribution in [3.63, 3.8) is 0 Å². The van der Waals surface area contributed by atoms with Crippen molar-refractivity contribution in [2.75, 3.05) is 0 Å². The SMILES string of the molecule is CC(C)Cn1ncnc1COC1CCC(N)C1. The fourth-order valence-electron chi connectivity index (χ4n) is 2.22. The van der Waals surface area contributed by atoms with E-state index in [2.05, 4.69) is 23.9 Å². The Kier molecular flexibility index (Phi) is 4.12. The average Bonchev–Trinajstić information content (AvgIpc) is 2.84. The van der Waals surface area contributed by atoms with Crippen LogP contribution in [0.2, 0.25) is 0 Å². The molecule has 2 rings (SSSR count). The Morgan fingerprint density at radius 2 is 2.35 bits per heavy atom. The molecule has 1 aromatic rings. The second-order valence-corrected chi connectivity index (χ2v) is 5.26. The zero-order valence-electron chi connectivity index (χ0n) is 10.7. The summed E-state index contributed by atoms with van der Waals surface area (Å²) in [6.07, 6.45) is 5.01. The van der Waals surface area contributed by atoms with Crippen LogP contribution in [-0.4, -0.2) is 26.9 Å². The predicted molar refractivity (Wildman–Crippen MR) is 65.3 cm³/mol. The lowest BCUT2D eigenvalue weighted by molar-refractivity contribution is 0.0385. The molecular weight excluding hydrogens is 216 g/mol. The van der Waals surface area contributed by atoms with E-state index in [1.165, 1.54) is 0 Å². The van der Waals surface area contributed by atoms with Crippen molar-refractivity contribution in [2.45, 2.75) is 58.4 Å². The molecule has 0 saturated heterocycles. The number of rotatable bonds is 5. The van der Waals surface area contributed by atoms with Crippen molar-refractivity contribution in [3.05, 3.63) is 12.2 Å². The molecule has 0 radical (unpaired) electrons. The first-order valence-electron chi connectivity index (χ1n) is 6.39. The van der Waals surface area contributed by atoms with Gasteiger partial charge in [0, 0.05) is 12.6 Å². The maximum Gasteiger partial charge on any atom is 0.152 e. The zero-order chi connectivity index (χ0) is 12.3. The van der Waals surface area contributed by atoms with Gasteiger partial charge in [-0.25, -0.2) is 9.67 Å². The Labute approximate surface area is 102 Å². The van der Waals surface area contributed by atoms with Crippen LogP contribution in [0, 0.1) is 5.92 Å². The molecule has 1 heterocycles. The van der Waals surface area contributed by atoms with E-state index >= 15 is 0 Å². The standard InChI is InChI=1S/C12H22N4O/c1-9(2)6-16-12(14-8-15-16)7-17-11-4-3-10(13)5-11/h8-11H,3-7,13H2,1-2H3. The van der Waals surface area contributed by atoms with Crippen molar-refractivity contribution in [2.24, 2.45) is 11.7 Å². The van der Waals surface area contributed by atoms with Crippen LogP contribution in [0.3, 0.4) is 0 Å². The summed E-state index contributed by atoms with van der Waals surface area (Å²) in [7, 11) is 0. The molecule has 1 aliphatic carbocycles. The third-order valence-electron chi connectivity index (χ3n) is 3.11. The molecule has 17 heavy (non-hydrogen) atoms. The lowest BCUT2D eigenvalue weighted by Gasteiger charge is -2.12. The summed E-state index contributed by atoms with van der Waals surface area (Å²) >= 11 is 0. The molecule has 5 heteroatoms. The molecule has 5 nitrogen and oxygen atoms in total. The highest BCUT2D eigenvalue weighted by molar-refractivity contribution is 4.84. The number of nitrogens with zero attached hydrogens (tertiary/aromatic N) is 3. The minimum atomic E-state index is 0.300. The van der Waals surface area contributed by atoms with Gasteiger partial charge in [-0.05, 0) is 25.2 Å². The van der Waals surface area contributed by atoms with E-state index in [0.29, 0.717) is 24.7 Å². The molecule has 1 saturated carbocycles. The van der Waals surface area contributed by atoms with Crippen molar-refractivity contribution < 1.29 is 4.74 Å². The smallest absolute Gasteiger partial charge is 0.152 e. The summed E-state index contributed by atoms with van der Waals surface area (Å²) in [6.45, 7) is 5.78. The molecule has 96 valence electrons. The fraction of sp³-hybridized carbons (Fsp3) is 0.833. The largest absolute Gasteiger partial charge is 0.370 e. The number of hydrogen-bond donors (Lipinski definition) is 1. The van der Waals surface area contributed by atoms with E-state index in [1.54, 1.807) is 6.33 Å². The van der Waals surface area contributed by atoms with Gasteiger partial charge in [-0.2, -0.15) is 5.10 Å². The summed E-state index contributed by atoms with van der Waals surface area (Å²) in [5.74, 6) is 1.48. The molecule has 0 spiro atoms. The summed E-state index contributed by atoms with van der Waals surface area (Å²) < 4.78 is 7.77. The average molecular weight is 238 g/mol. The van der Waals surface area contributed by atoms with Crippen LogP contribution in [0.15, 0.2) is 6.33 Å². The maximum absolute atomic E-state index is 5.86. The van der Waals surface area contributed by atoms with Crippen LogP contribution in [-0.2, 0) is 17.9 Å². The quantitative estimate of drug-likeness (QED) is 0.840. The lowest BCUT2D eigenvalue weighted by Crippen LogP contribution is -2.18. The molecule has 2 atom stereocenters. The minimum Gasteiger partial charge on any atom is -0.370 e. The number of ether oxygens (including phenoxy) is 1. The van der Waals surface area contributed by atoms with Crippen LogP contribution >= 0.6 is 0 Å². The fourth-order valence-corrected chi connectivity index (χ4v) is 2.22. The van der Waals surface area contributed by atoms with Gasteiger partial charge >= 0.3 is 0 Å². The van der Waals surface area contributed by atoms with Crippen LogP contribution in [0.1, 0.15) is 38.9 Å². The molecule has 2 unspecified atom stereocenters. The zero-order valence-corrected chi connectivity index (χ0v) is 10.7. The van der Waals surface area contributed by atoms with Gasteiger partial charge in [0.1, 0.15) is 12.9 Å². The molecule has 1 fully saturated rings. The highest BCUT2D eigenvalue weighted by Crippen LogP contribution is 2.21. The van der Waals surface area contributed by atoms with E-state index in [4.69, 9.17) is 10.5 Å². The van der Waals surface area contributed by atoms with E-state index in [9.17, 15) is 0 Å². The minimum absolute atomic E-state index is 0.300. The second kappa shape index (κ2) is 5.60. The van der Waals surface area contributed by atoms with Gasteiger partial charge in [0.2, 0.25) is 0 Å². The third kappa shape index (κ3) is 3.51. The van der Waals surface area contributed by atoms with Gasteiger partial charge in [-0.1, -0.05) is 13.8 Å². The molecule has 0 amide bonds. The monoisotopic (exact) mass is 238 g/mol. The van der Waals surface area contributed by atoms with Crippen LogP contribution in [0.4, 0.5) is 0 Å². The number of nitrogens with two attached hydrogens (primary N) is 1. The number of hydrogen-bond acceptors (Lipinski definition) is 4. The second-order valence-electron chi connectivity index (χ2n) is 5.26. The Hall–Kier alpha value is -0.940. The highest BCUT2D eigenvalue weighted by Gasteiger charge is 2.22. The Morgan fingerprint density at radius 3 is 3.00 bits per heavy atom. The molecular formula is C12H22N4O. The van der Waals surface area contributed by atoms with Gasteiger partial charge in [-0.3, -0.25) is 0 Å². The normalized spacial score (nSPS) is 24.7.